The van der Waals surface area contributed by atoms with E-state index in [0.29, 0.717) is 27.1 Å². The number of allylic oxidation sites excluding steroid dienone is 1. The van der Waals surface area contributed by atoms with Crippen molar-refractivity contribution in [3.8, 4) is 0 Å². The van der Waals surface area contributed by atoms with Crippen molar-refractivity contribution < 1.29 is 5.11 Å². The van der Waals surface area contributed by atoms with Crippen molar-refractivity contribution in [1.29, 1.82) is 0 Å². The Balaban J connectivity index is 1.48. The molecular formula is C30H50O. The van der Waals surface area contributed by atoms with E-state index < -0.39 is 0 Å². The molecule has 1 nitrogen and oxygen atoms in total. The number of aliphatic hydroxyl groups is 1. The molecule has 0 aromatic heterocycles. The third kappa shape index (κ3) is 3.03. The number of fused-ring (bicyclic) bond motifs is 7. The summed E-state index contributed by atoms with van der Waals surface area (Å²) in [7, 11) is 0. The second-order valence-electron chi connectivity index (χ2n) is 14.6. The smallest absolute Gasteiger partial charge is 0.0615 e. The standard InChI is InChI=1S/C30H50O/c1-26(2)14-7-15-28(4)22(26)11-17-30(6)24-10-16-27(3)20-21(13-19-31)8-9-23(27)29(24,5)18-12-25(28)30/h13,22-25,31H,7-12,14-20H2,1-6H3/b21-13-/t22-,23-,24+,25+,27-,28-,29+,30-/m0/s1. The van der Waals surface area contributed by atoms with Crippen molar-refractivity contribution in [2.75, 3.05) is 6.61 Å². The molecule has 176 valence electrons. The highest BCUT2D eigenvalue weighted by Crippen LogP contribution is 2.75. The fourth-order valence-electron chi connectivity index (χ4n) is 11.8. The second-order valence-corrected chi connectivity index (χ2v) is 14.6. The lowest BCUT2D eigenvalue weighted by molar-refractivity contribution is -0.227. The van der Waals surface area contributed by atoms with Crippen LogP contribution >= 0.6 is 0 Å². The first-order valence-corrected chi connectivity index (χ1v) is 13.8. The molecule has 0 bridgehead atoms. The summed E-state index contributed by atoms with van der Waals surface area (Å²) < 4.78 is 0. The molecule has 1 heteroatoms. The number of hydrogen-bond acceptors (Lipinski definition) is 1. The first-order chi connectivity index (χ1) is 14.5. The largest absolute Gasteiger partial charge is 0.392 e. The molecule has 5 rings (SSSR count). The van der Waals surface area contributed by atoms with Gasteiger partial charge in [-0.05, 0) is 121 Å². The summed E-state index contributed by atoms with van der Waals surface area (Å²) in [4.78, 5) is 0. The van der Waals surface area contributed by atoms with E-state index in [9.17, 15) is 5.11 Å². The van der Waals surface area contributed by atoms with Crippen LogP contribution in [0, 0.1) is 50.7 Å². The topological polar surface area (TPSA) is 20.2 Å². The van der Waals surface area contributed by atoms with Gasteiger partial charge in [0.15, 0.2) is 0 Å². The Bertz CT molecular complexity index is 750. The average Bonchev–Trinajstić information content (AvgIpc) is 2.66. The molecule has 0 aromatic carbocycles. The predicted octanol–water partition coefficient (Wildman–Crippen LogP) is 8.17. The normalized spacial score (nSPS) is 55.0. The molecule has 0 saturated heterocycles. The van der Waals surface area contributed by atoms with E-state index in [0.717, 1.165) is 23.7 Å². The van der Waals surface area contributed by atoms with Gasteiger partial charge >= 0.3 is 0 Å². The molecule has 0 heterocycles. The maximum Gasteiger partial charge on any atom is 0.0615 e. The summed E-state index contributed by atoms with van der Waals surface area (Å²) in [5.41, 5.74) is 4.19. The zero-order valence-corrected chi connectivity index (χ0v) is 21.5. The van der Waals surface area contributed by atoms with Crippen LogP contribution < -0.4 is 0 Å². The van der Waals surface area contributed by atoms with E-state index in [-0.39, 0.29) is 6.61 Å². The summed E-state index contributed by atoms with van der Waals surface area (Å²) in [5.74, 6) is 3.67. The van der Waals surface area contributed by atoms with E-state index in [4.69, 9.17) is 0 Å². The Labute approximate surface area is 192 Å². The summed E-state index contributed by atoms with van der Waals surface area (Å²) in [5, 5.41) is 9.48. The average molecular weight is 427 g/mol. The molecule has 0 amide bonds. The first-order valence-electron chi connectivity index (χ1n) is 13.8. The van der Waals surface area contributed by atoms with Gasteiger partial charge in [-0.3, -0.25) is 0 Å². The van der Waals surface area contributed by atoms with Crippen LogP contribution in [0.4, 0.5) is 0 Å². The van der Waals surface area contributed by atoms with Crippen molar-refractivity contribution in [3.63, 3.8) is 0 Å². The van der Waals surface area contributed by atoms with Gasteiger partial charge in [-0.2, -0.15) is 0 Å². The Morgan fingerprint density at radius 2 is 1.29 bits per heavy atom. The molecule has 31 heavy (non-hydrogen) atoms. The summed E-state index contributed by atoms with van der Waals surface area (Å²) in [6.07, 6.45) is 19.1. The van der Waals surface area contributed by atoms with Crippen LogP contribution in [0.25, 0.3) is 0 Å². The van der Waals surface area contributed by atoms with Gasteiger partial charge in [-0.15, -0.1) is 0 Å². The highest BCUT2D eigenvalue weighted by Gasteiger charge is 2.67. The van der Waals surface area contributed by atoms with Gasteiger partial charge in [0.25, 0.3) is 0 Å². The van der Waals surface area contributed by atoms with Crippen molar-refractivity contribution in [2.24, 2.45) is 50.7 Å². The van der Waals surface area contributed by atoms with Gasteiger partial charge in [-0.25, -0.2) is 0 Å². The minimum absolute atomic E-state index is 0.228. The van der Waals surface area contributed by atoms with Gasteiger partial charge in [-0.1, -0.05) is 59.6 Å². The minimum Gasteiger partial charge on any atom is -0.392 e. The van der Waals surface area contributed by atoms with Crippen molar-refractivity contribution in [2.45, 2.75) is 119 Å². The highest BCUT2D eigenvalue weighted by molar-refractivity contribution is 5.20. The van der Waals surface area contributed by atoms with E-state index in [1.54, 1.807) is 5.57 Å². The Morgan fingerprint density at radius 1 is 0.710 bits per heavy atom. The molecule has 0 radical (unpaired) electrons. The molecule has 1 N–H and O–H groups in total. The Kier molecular flexibility index (Phi) is 5.15. The maximum absolute atomic E-state index is 9.48. The lowest BCUT2D eigenvalue weighted by Gasteiger charge is -2.72. The Hall–Kier alpha value is -0.300. The van der Waals surface area contributed by atoms with E-state index in [1.807, 2.05) is 0 Å². The van der Waals surface area contributed by atoms with Gasteiger partial charge in [0.2, 0.25) is 0 Å². The van der Waals surface area contributed by atoms with Crippen LogP contribution in [0.1, 0.15) is 119 Å². The number of rotatable bonds is 1. The van der Waals surface area contributed by atoms with E-state index in [2.05, 4.69) is 47.6 Å². The summed E-state index contributed by atoms with van der Waals surface area (Å²) in [6.45, 7) is 16.3. The van der Waals surface area contributed by atoms with E-state index in [1.165, 1.54) is 77.0 Å². The van der Waals surface area contributed by atoms with Gasteiger partial charge in [0, 0.05) is 0 Å². The van der Waals surface area contributed by atoms with Crippen LogP contribution in [0.2, 0.25) is 0 Å². The van der Waals surface area contributed by atoms with Crippen molar-refractivity contribution >= 4 is 0 Å². The minimum atomic E-state index is 0.228. The van der Waals surface area contributed by atoms with Crippen molar-refractivity contribution in [1.82, 2.24) is 0 Å². The zero-order chi connectivity index (χ0) is 22.3. The van der Waals surface area contributed by atoms with Crippen LogP contribution in [-0.2, 0) is 0 Å². The lowest BCUT2D eigenvalue weighted by Crippen LogP contribution is -2.64. The van der Waals surface area contributed by atoms with Crippen LogP contribution in [0.5, 0.6) is 0 Å². The highest BCUT2D eigenvalue weighted by atomic mass is 16.2. The summed E-state index contributed by atoms with van der Waals surface area (Å²) >= 11 is 0. The molecule has 5 saturated carbocycles. The van der Waals surface area contributed by atoms with Crippen molar-refractivity contribution in [3.05, 3.63) is 11.6 Å². The number of aliphatic hydroxyl groups excluding tert-OH is 1. The quantitative estimate of drug-likeness (QED) is 0.419. The van der Waals surface area contributed by atoms with Crippen LogP contribution in [0.15, 0.2) is 11.6 Å². The zero-order valence-electron chi connectivity index (χ0n) is 21.5. The van der Waals surface area contributed by atoms with Crippen LogP contribution in [0.3, 0.4) is 0 Å². The molecule has 0 aromatic rings. The third-order valence-corrected chi connectivity index (χ3v) is 12.8. The fourth-order valence-corrected chi connectivity index (χ4v) is 11.8. The number of hydrogen-bond donors (Lipinski definition) is 1. The predicted molar refractivity (Wildman–Crippen MR) is 131 cm³/mol. The second kappa shape index (κ2) is 7.10. The fraction of sp³-hybridized carbons (Fsp3) is 0.933. The molecule has 0 aliphatic heterocycles. The van der Waals surface area contributed by atoms with Gasteiger partial charge in [0.05, 0.1) is 6.61 Å². The van der Waals surface area contributed by atoms with Crippen LogP contribution in [-0.4, -0.2) is 11.7 Å². The van der Waals surface area contributed by atoms with Gasteiger partial charge in [0.1, 0.15) is 0 Å². The monoisotopic (exact) mass is 426 g/mol. The SMILES string of the molecule is CC1(C)CCC[C@]2(C)[C@H]3CC[C@@]4(C)[C@@H](CC[C@@]5(C)C/C(=C\CO)CC[C@@H]54)[C@]3(C)CC[C@@H]12. The maximum atomic E-state index is 9.48. The first kappa shape index (κ1) is 22.5. The molecular weight excluding hydrogens is 376 g/mol. The summed E-state index contributed by atoms with van der Waals surface area (Å²) in [6, 6.07) is 0. The van der Waals surface area contributed by atoms with E-state index >= 15 is 0 Å². The molecule has 0 spiro atoms. The molecule has 0 unspecified atom stereocenters. The third-order valence-electron chi connectivity index (χ3n) is 12.8. The van der Waals surface area contributed by atoms with Gasteiger partial charge < -0.3 is 5.11 Å². The molecule has 5 aliphatic carbocycles. The molecule has 5 fully saturated rings. The Morgan fingerprint density at radius 3 is 1.97 bits per heavy atom. The molecule has 5 aliphatic rings. The molecule has 8 atom stereocenters. The lowest BCUT2D eigenvalue weighted by atomic mass is 9.33.